The van der Waals surface area contributed by atoms with Gasteiger partial charge in [-0.3, -0.25) is 0 Å². The molecule has 0 aliphatic heterocycles. The summed E-state index contributed by atoms with van der Waals surface area (Å²) in [5.74, 6) is 1.35. The molecule has 3 nitrogen and oxygen atoms in total. The Morgan fingerprint density at radius 1 is 1.31 bits per heavy atom. The highest BCUT2D eigenvalue weighted by atomic mass is 16.6. The average Bonchev–Trinajstić information content (AvgIpc) is 2.35. The van der Waals surface area contributed by atoms with Crippen LogP contribution in [0.25, 0.3) is 5.76 Å². The van der Waals surface area contributed by atoms with E-state index >= 15 is 0 Å². The highest BCUT2D eigenvalue weighted by molar-refractivity contribution is 5.81. The van der Waals surface area contributed by atoms with Gasteiger partial charge in [0.2, 0.25) is 0 Å². The summed E-state index contributed by atoms with van der Waals surface area (Å²) in [4.78, 5) is 5.21. The van der Waals surface area contributed by atoms with Crippen molar-refractivity contribution in [3.8, 4) is 5.75 Å². The maximum absolute atomic E-state index is 5.21. The molecule has 0 N–H and O–H groups in total. The summed E-state index contributed by atoms with van der Waals surface area (Å²) in [6, 6.07) is 7.50. The molecule has 0 bridgehead atoms. The Kier molecular flexibility index (Phi) is 4.58. The van der Waals surface area contributed by atoms with Gasteiger partial charge in [0, 0.05) is 5.56 Å². The van der Waals surface area contributed by atoms with E-state index in [1.165, 1.54) is 0 Å². The van der Waals surface area contributed by atoms with Crippen molar-refractivity contribution in [1.29, 1.82) is 0 Å². The lowest BCUT2D eigenvalue weighted by atomic mass is 10.2. The summed E-state index contributed by atoms with van der Waals surface area (Å²) in [5.41, 5.74) is 1.84. The van der Waals surface area contributed by atoms with E-state index in [0.29, 0.717) is 5.76 Å². The van der Waals surface area contributed by atoms with Gasteiger partial charge in [0.1, 0.15) is 5.75 Å². The van der Waals surface area contributed by atoms with Crippen LogP contribution in [0.5, 0.6) is 5.75 Å². The third-order valence-corrected chi connectivity index (χ3v) is 2.24. The Hall–Kier alpha value is -1.77. The maximum atomic E-state index is 5.21. The highest BCUT2D eigenvalue weighted by Gasteiger charge is 2.00. The third-order valence-electron chi connectivity index (χ3n) is 2.24. The Morgan fingerprint density at radius 2 is 1.94 bits per heavy atom. The molecule has 3 heteroatoms. The first-order chi connectivity index (χ1) is 7.67. The molecular weight excluding hydrogens is 202 g/mol. The molecule has 86 valence electrons. The molecule has 0 fully saturated rings. The SMILES string of the molecule is C=C(O/N=C(\C)CC)c1ccc(OC)cc1. The van der Waals surface area contributed by atoms with Crippen molar-refractivity contribution in [1.82, 2.24) is 0 Å². The van der Waals surface area contributed by atoms with Gasteiger partial charge in [-0.15, -0.1) is 0 Å². The van der Waals surface area contributed by atoms with E-state index in [1.807, 2.05) is 38.1 Å². The summed E-state index contributed by atoms with van der Waals surface area (Å²) in [7, 11) is 1.63. The number of methoxy groups -OCH3 is 1. The zero-order valence-electron chi connectivity index (χ0n) is 9.99. The van der Waals surface area contributed by atoms with Crippen LogP contribution in [0.1, 0.15) is 25.8 Å². The molecular formula is C13H17NO2. The molecule has 0 amide bonds. The zero-order chi connectivity index (χ0) is 12.0. The molecule has 0 saturated carbocycles. The molecule has 16 heavy (non-hydrogen) atoms. The lowest BCUT2D eigenvalue weighted by molar-refractivity contribution is 0.297. The molecule has 0 aliphatic rings. The van der Waals surface area contributed by atoms with Crippen LogP contribution >= 0.6 is 0 Å². The highest BCUT2D eigenvalue weighted by Crippen LogP contribution is 2.18. The second-order valence-corrected chi connectivity index (χ2v) is 3.42. The molecule has 0 radical (unpaired) electrons. The molecule has 0 aromatic heterocycles. The molecule has 1 aromatic rings. The van der Waals surface area contributed by atoms with Crippen molar-refractivity contribution in [3.63, 3.8) is 0 Å². The fourth-order valence-electron chi connectivity index (χ4n) is 1.03. The number of hydrogen-bond donors (Lipinski definition) is 0. The third kappa shape index (κ3) is 3.42. The average molecular weight is 219 g/mol. The summed E-state index contributed by atoms with van der Waals surface area (Å²) in [6.07, 6.45) is 0.871. The van der Waals surface area contributed by atoms with E-state index in [-0.39, 0.29) is 0 Å². The normalized spacial score (nSPS) is 11.1. The van der Waals surface area contributed by atoms with Crippen LogP contribution in [-0.2, 0) is 4.84 Å². The van der Waals surface area contributed by atoms with E-state index in [1.54, 1.807) is 7.11 Å². The Bertz CT molecular complexity index is 379. The summed E-state index contributed by atoms with van der Waals surface area (Å²) < 4.78 is 5.07. The van der Waals surface area contributed by atoms with Crippen molar-refractivity contribution >= 4 is 11.5 Å². The summed E-state index contributed by atoms with van der Waals surface area (Å²) in [5, 5.41) is 3.95. The second-order valence-electron chi connectivity index (χ2n) is 3.42. The fraction of sp³-hybridized carbons (Fsp3) is 0.308. The van der Waals surface area contributed by atoms with Gasteiger partial charge in [-0.2, -0.15) is 0 Å². The molecule has 0 aliphatic carbocycles. The molecule has 1 rings (SSSR count). The topological polar surface area (TPSA) is 30.8 Å². The van der Waals surface area contributed by atoms with Crippen LogP contribution in [0.3, 0.4) is 0 Å². The lowest BCUT2D eigenvalue weighted by Gasteiger charge is -2.05. The molecule has 0 saturated heterocycles. The number of oxime groups is 1. The smallest absolute Gasteiger partial charge is 0.158 e. The van der Waals surface area contributed by atoms with E-state index in [2.05, 4.69) is 11.7 Å². The van der Waals surface area contributed by atoms with Crippen molar-refractivity contribution < 1.29 is 9.57 Å². The van der Waals surface area contributed by atoms with Crippen LogP contribution in [0.4, 0.5) is 0 Å². The second kappa shape index (κ2) is 5.95. The van der Waals surface area contributed by atoms with Gasteiger partial charge >= 0.3 is 0 Å². The Balaban J connectivity index is 2.66. The molecule has 0 atom stereocenters. The monoisotopic (exact) mass is 219 g/mol. The molecule has 1 aromatic carbocycles. The predicted octanol–water partition coefficient (Wildman–Crippen LogP) is 3.47. The van der Waals surface area contributed by atoms with Crippen LogP contribution in [-0.4, -0.2) is 12.8 Å². The zero-order valence-corrected chi connectivity index (χ0v) is 9.99. The number of hydrogen-bond acceptors (Lipinski definition) is 3. The van der Waals surface area contributed by atoms with E-state index in [4.69, 9.17) is 9.57 Å². The van der Waals surface area contributed by atoms with Gasteiger partial charge in [-0.1, -0.05) is 18.7 Å². The summed E-state index contributed by atoms with van der Waals surface area (Å²) >= 11 is 0. The van der Waals surface area contributed by atoms with Crippen molar-refractivity contribution in [2.75, 3.05) is 7.11 Å². The first-order valence-corrected chi connectivity index (χ1v) is 5.21. The Labute approximate surface area is 96.4 Å². The van der Waals surface area contributed by atoms with Gasteiger partial charge in [0.05, 0.1) is 12.8 Å². The van der Waals surface area contributed by atoms with E-state index < -0.39 is 0 Å². The van der Waals surface area contributed by atoms with Crippen molar-refractivity contribution in [2.24, 2.45) is 5.16 Å². The van der Waals surface area contributed by atoms with Crippen LogP contribution in [0, 0.1) is 0 Å². The van der Waals surface area contributed by atoms with Crippen molar-refractivity contribution in [2.45, 2.75) is 20.3 Å². The minimum Gasteiger partial charge on any atom is -0.497 e. The van der Waals surface area contributed by atoms with Gasteiger partial charge in [0.15, 0.2) is 5.76 Å². The van der Waals surface area contributed by atoms with Gasteiger partial charge in [-0.05, 0) is 37.6 Å². The molecule has 0 unspecified atom stereocenters. The maximum Gasteiger partial charge on any atom is 0.158 e. The van der Waals surface area contributed by atoms with E-state index in [0.717, 1.165) is 23.4 Å². The minimum absolute atomic E-state index is 0.537. The molecule has 0 heterocycles. The van der Waals surface area contributed by atoms with Crippen LogP contribution in [0.2, 0.25) is 0 Å². The summed E-state index contributed by atoms with van der Waals surface area (Å²) in [6.45, 7) is 7.76. The quantitative estimate of drug-likeness (QED) is 0.431. The van der Waals surface area contributed by atoms with Gasteiger partial charge in [-0.25, -0.2) is 0 Å². The number of benzene rings is 1. The first-order valence-electron chi connectivity index (χ1n) is 5.21. The predicted molar refractivity (Wildman–Crippen MR) is 66.5 cm³/mol. The molecule has 0 spiro atoms. The number of rotatable bonds is 5. The van der Waals surface area contributed by atoms with Crippen LogP contribution in [0.15, 0.2) is 36.0 Å². The fourth-order valence-corrected chi connectivity index (χ4v) is 1.03. The minimum atomic E-state index is 0.537. The number of nitrogens with zero attached hydrogens (tertiary/aromatic N) is 1. The lowest BCUT2D eigenvalue weighted by Crippen LogP contribution is -1.91. The van der Waals surface area contributed by atoms with Crippen LogP contribution < -0.4 is 4.74 Å². The first kappa shape index (κ1) is 12.3. The number of ether oxygens (including phenoxy) is 1. The van der Waals surface area contributed by atoms with E-state index in [9.17, 15) is 0 Å². The standard InChI is InChI=1S/C13H17NO2/c1-5-10(2)14-16-11(3)12-6-8-13(15-4)9-7-12/h6-9H,3,5H2,1-2,4H3/b14-10+. The van der Waals surface area contributed by atoms with Gasteiger partial charge in [0.25, 0.3) is 0 Å². The largest absolute Gasteiger partial charge is 0.497 e. The van der Waals surface area contributed by atoms with Crippen molar-refractivity contribution in [3.05, 3.63) is 36.4 Å². The van der Waals surface area contributed by atoms with Gasteiger partial charge < -0.3 is 9.57 Å². The Morgan fingerprint density at radius 3 is 2.44 bits per heavy atom.